The van der Waals surface area contributed by atoms with Gasteiger partial charge in [-0.1, -0.05) is 6.07 Å². The van der Waals surface area contributed by atoms with Crippen molar-refractivity contribution < 1.29 is 17.9 Å². The van der Waals surface area contributed by atoms with Crippen LogP contribution in [0.5, 0.6) is 5.75 Å². The number of sulfonamides is 1. The predicted octanol–water partition coefficient (Wildman–Crippen LogP) is 2.97. The second-order valence-electron chi connectivity index (χ2n) is 7.59. The van der Waals surface area contributed by atoms with Crippen molar-refractivity contribution in [2.24, 2.45) is 0 Å². The largest absolute Gasteiger partial charge is 0.497 e. The number of rotatable bonds is 8. The molecular formula is C22H29N3O4S. The third kappa shape index (κ3) is 5.31. The lowest BCUT2D eigenvalue weighted by molar-refractivity contribution is 0.0781. The number of carbonyl (C=O) groups excluding carboxylic acids is 1. The van der Waals surface area contributed by atoms with Gasteiger partial charge < -0.3 is 14.5 Å². The molecule has 30 heavy (non-hydrogen) atoms. The Morgan fingerprint density at radius 3 is 2.43 bits per heavy atom. The molecule has 0 unspecified atom stereocenters. The minimum atomic E-state index is -3.83. The maximum Gasteiger partial charge on any atom is 0.261 e. The zero-order valence-corrected chi connectivity index (χ0v) is 18.5. The number of hydrogen-bond acceptors (Lipinski definition) is 5. The number of methoxy groups -OCH3 is 1. The summed E-state index contributed by atoms with van der Waals surface area (Å²) in [7, 11) is -0.520. The monoisotopic (exact) mass is 431 g/mol. The Kier molecular flexibility index (Phi) is 6.99. The van der Waals surface area contributed by atoms with E-state index in [1.54, 1.807) is 49.4 Å². The lowest BCUT2D eigenvalue weighted by Gasteiger charge is -2.22. The number of likely N-dealkylation sites (tertiary alicyclic amines) is 1. The van der Waals surface area contributed by atoms with Gasteiger partial charge in [0.2, 0.25) is 0 Å². The highest BCUT2D eigenvalue weighted by molar-refractivity contribution is 7.92. The molecule has 7 nitrogen and oxygen atoms in total. The molecular weight excluding hydrogens is 402 g/mol. The van der Waals surface area contributed by atoms with Crippen molar-refractivity contribution in [1.29, 1.82) is 0 Å². The normalized spacial score (nSPS) is 14.5. The first kappa shape index (κ1) is 22.1. The van der Waals surface area contributed by atoms with Crippen molar-refractivity contribution in [3.63, 3.8) is 0 Å². The van der Waals surface area contributed by atoms with E-state index in [1.807, 2.05) is 6.92 Å². The third-order valence-electron chi connectivity index (χ3n) is 5.39. The summed E-state index contributed by atoms with van der Waals surface area (Å²) in [5.41, 5.74) is 1.57. The first-order valence-corrected chi connectivity index (χ1v) is 11.5. The number of anilines is 1. The van der Waals surface area contributed by atoms with E-state index in [4.69, 9.17) is 4.74 Å². The van der Waals surface area contributed by atoms with Crippen LogP contribution >= 0.6 is 0 Å². The van der Waals surface area contributed by atoms with E-state index < -0.39 is 10.0 Å². The van der Waals surface area contributed by atoms with Gasteiger partial charge in [-0.15, -0.1) is 0 Å². The average Bonchev–Trinajstić information content (AvgIpc) is 3.25. The molecule has 2 aromatic carbocycles. The lowest BCUT2D eigenvalue weighted by atomic mass is 10.1. The van der Waals surface area contributed by atoms with E-state index in [0.717, 1.165) is 25.2 Å². The van der Waals surface area contributed by atoms with E-state index in [1.165, 1.54) is 25.0 Å². The Balaban J connectivity index is 1.74. The zero-order chi connectivity index (χ0) is 21.7. The van der Waals surface area contributed by atoms with Crippen LogP contribution in [0, 0.1) is 6.92 Å². The second kappa shape index (κ2) is 9.49. The van der Waals surface area contributed by atoms with Crippen LogP contribution in [0.1, 0.15) is 28.8 Å². The van der Waals surface area contributed by atoms with Crippen LogP contribution in [-0.2, 0) is 10.0 Å². The smallest absolute Gasteiger partial charge is 0.261 e. The number of ether oxygens (including phenoxy) is 1. The number of likely N-dealkylation sites (N-methyl/N-ethyl adjacent to an activating group) is 1. The number of carbonyl (C=O) groups is 1. The molecule has 0 atom stereocenters. The fourth-order valence-electron chi connectivity index (χ4n) is 3.48. The molecule has 0 aromatic heterocycles. The van der Waals surface area contributed by atoms with Gasteiger partial charge in [-0.05, 0) is 74.8 Å². The van der Waals surface area contributed by atoms with Crippen molar-refractivity contribution in [3.8, 4) is 5.75 Å². The molecule has 0 saturated carbocycles. The number of aryl methyl sites for hydroxylation is 1. The average molecular weight is 432 g/mol. The molecule has 2 aromatic rings. The van der Waals surface area contributed by atoms with E-state index in [9.17, 15) is 13.2 Å². The fraction of sp³-hybridized carbons (Fsp3) is 0.409. The number of benzene rings is 2. The highest BCUT2D eigenvalue weighted by Gasteiger charge is 2.21. The summed E-state index contributed by atoms with van der Waals surface area (Å²) in [6, 6.07) is 11.3. The molecule has 8 heteroatoms. The highest BCUT2D eigenvalue weighted by atomic mass is 32.2. The number of amides is 1. The van der Waals surface area contributed by atoms with Crippen LogP contribution in [0.15, 0.2) is 47.4 Å². The minimum absolute atomic E-state index is 0.0558. The van der Waals surface area contributed by atoms with Crippen LogP contribution in [0.4, 0.5) is 5.69 Å². The van der Waals surface area contributed by atoms with Gasteiger partial charge in [-0.2, -0.15) is 0 Å². The SMILES string of the molecule is COc1ccc(NS(=O)(=O)c2ccc(C)c(C(=O)N(C)CCN3CCCC3)c2)cc1. The highest BCUT2D eigenvalue weighted by Crippen LogP contribution is 2.22. The molecule has 0 aliphatic carbocycles. The first-order valence-electron chi connectivity index (χ1n) is 10.1. The molecule has 1 fully saturated rings. The maximum absolute atomic E-state index is 13.0. The van der Waals surface area contributed by atoms with Crippen LogP contribution in [-0.4, -0.2) is 64.5 Å². The van der Waals surface area contributed by atoms with Crippen molar-refractivity contribution in [2.75, 3.05) is 45.1 Å². The summed E-state index contributed by atoms with van der Waals surface area (Å²) in [5, 5.41) is 0. The van der Waals surface area contributed by atoms with Crippen LogP contribution < -0.4 is 9.46 Å². The van der Waals surface area contributed by atoms with Crippen molar-refractivity contribution in [3.05, 3.63) is 53.6 Å². The Bertz CT molecular complexity index is 984. The van der Waals surface area contributed by atoms with Gasteiger partial charge >= 0.3 is 0 Å². The predicted molar refractivity (Wildman–Crippen MR) is 118 cm³/mol. The molecule has 162 valence electrons. The quantitative estimate of drug-likeness (QED) is 0.695. The molecule has 3 rings (SSSR count). The van der Waals surface area contributed by atoms with Gasteiger partial charge in [0.25, 0.3) is 15.9 Å². The number of nitrogens with zero attached hydrogens (tertiary/aromatic N) is 2. The van der Waals surface area contributed by atoms with Crippen molar-refractivity contribution in [1.82, 2.24) is 9.80 Å². The van der Waals surface area contributed by atoms with E-state index in [2.05, 4.69) is 9.62 Å². The molecule has 1 aliphatic heterocycles. The zero-order valence-electron chi connectivity index (χ0n) is 17.7. The molecule has 1 aliphatic rings. The van der Waals surface area contributed by atoms with Gasteiger partial charge in [-0.3, -0.25) is 9.52 Å². The Morgan fingerprint density at radius 2 is 1.80 bits per heavy atom. The van der Waals surface area contributed by atoms with E-state index >= 15 is 0 Å². The van der Waals surface area contributed by atoms with Crippen molar-refractivity contribution >= 4 is 21.6 Å². The molecule has 0 bridgehead atoms. The summed E-state index contributed by atoms with van der Waals surface area (Å²) in [6.45, 7) is 5.41. The van der Waals surface area contributed by atoms with E-state index in [0.29, 0.717) is 23.5 Å². The van der Waals surface area contributed by atoms with Gasteiger partial charge in [-0.25, -0.2) is 8.42 Å². The molecule has 1 saturated heterocycles. The Morgan fingerprint density at radius 1 is 1.13 bits per heavy atom. The van der Waals surface area contributed by atoms with Crippen molar-refractivity contribution in [2.45, 2.75) is 24.7 Å². The minimum Gasteiger partial charge on any atom is -0.497 e. The summed E-state index contributed by atoms with van der Waals surface area (Å²) in [4.78, 5) is 17.0. The lowest BCUT2D eigenvalue weighted by Crippen LogP contribution is -2.35. The molecule has 1 N–H and O–H groups in total. The maximum atomic E-state index is 13.0. The van der Waals surface area contributed by atoms with Crippen LogP contribution in [0.2, 0.25) is 0 Å². The molecule has 0 spiro atoms. The molecule has 1 amide bonds. The Labute approximate surface area is 178 Å². The second-order valence-corrected chi connectivity index (χ2v) is 9.27. The summed E-state index contributed by atoms with van der Waals surface area (Å²) >= 11 is 0. The van der Waals surface area contributed by atoms with Gasteiger partial charge in [0.05, 0.1) is 12.0 Å². The van der Waals surface area contributed by atoms with Gasteiger partial charge in [0.15, 0.2) is 0 Å². The Hall–Kier alpha value is -2.58. The standard InChI is InChI=1S/C22H29N3O4S/c1-17-6-11-20(30(27,28)23-18-7-9-19(29-3)10-8-18)16-21(17)22(26)24(2)14-15-25-12-4-5-13-25/h6-11,16,23H,4-5,12-15H2,1-3H3. The van der Waals surface area contributed by atoms with Gasteiger partial charge in [0, 0.05) is 31.4 Å². The summed E-state index contributed by atoms with van der Waals surface area (Å²) < 4.78 is 33.3. The molecule has 1 heterocycles. The number of nitrogens with one attached hydrogen (secondary N) is 1. The van der Waals surface area contributed by atoms with Crippen LogP contribution in [0.25, 0.3) is 0 Å². The number of hydrogen-bond donors (Lipinski definition) is 1. The van der Waals surface area contributed by atoms with E-state index in [-0.39, 0.29) is 10.8 Å². The first-order chi connectivity index (χ1) is 14.3. The summed E-state index contributed by atoms with van der Waals surface area (Å²) in [5.74, 6) is 0.464. The van der Waals surface area contributed by atoms with Gasteiger partial charge in [0.1, 0.15) is 5.75 Å². The van der Waals surface area contributed by atoms with Crippen LogP contribution in [0.3, 0.4) is 0 Å². The third-order valence-corrected chi connectivity index (χ3v) is 6.77. The molecule has 0 radical (unpaired) electrons. The topological polar surface area (TPSA) is 78.9 Å². The fourth-order valence-corrected chi connectivity index (χ4v) is 4.56. The summed E-state index contributed by atoms with van der Waals surface area (Å²) in [6.07, 6.45) is 2.41.